The fraction of sp³-hybridized carbons (Fsp3) is 0.200. The Balaban J connectivity index is 1.56. The van der Waals surface area contributed by atoms with E-state index in [2.05, 4.69) is 24.9 Å². The van der Waals surface area contributed by atoms with E-state index in [9.17, 15) is 18.0 Å². The first kappa shape index (κ1) is 24.1. The average Bonchev–Trinajstić information content (AvgIpc) is 3.29. The molecule has 0 aliphatic heterocycles. The number of nitrogens with two attached hydrogens (primary N) is 1. The smallest absolute Gasteiger partial charge is 0.382 e. The van der Waals surface area contributed by atoms with Gasteiger partial charge in [-0.15, -0.1) is 0 Å². The lowest BCUT2D eigenvalue weighted by Crippen LogP contribution is -2.34. The van der Waals surface area contributed by atoms with Crippen LogP contribution in [0.4, 0.5) is 19.0 Å². The predicted molar refractivity (Wildman–Crippen MR) is 129 cm³/mol. The van der Waals surface area contributed by atoms with Gasteiger partial charge in [-0.25, -0.2) is 19.9 Å². The number of hydrogen-bond donors (Lipinski definition) is 1. The van der Waals surface area contributed by atoms with Gasteiger partial charge in [0, 0.05) is 24.2 Å². The number of benzene rings is 1. The summed E-state index contributed by atoms with van der Waals surface area (Å²) in [5.41, 5.74) is 8.41. The molecule has 12 heteroatoms. The van der Waals surface area contributed by atoms with Crippen LogP contribution in [0.5, 0.6) is 0 Å². The van der Waals surface area contributed by atoms with Crippen LogP contribution in [-0.4, -0.2) is 40.1 Å². The van der Waals surface area contributed by atoms with Gasteiger partial charge in [-0.2, -0.15) is 13.2 Å². The molecule has 188 valence electrons. The van der Waals surface area contributed by atoms with Crippen LogP contribution in [-0.2, 0) is 12.7 Å². The highest BCUT2D eigenvalue weighted by molar-refractivity contribution is 5.98. The van der Waals surface area contributed by atoms with Crippen molar-refractivity contribution in [3.63, 3.8) is 0 Å². The Morgan fingerprint density at radius 1 is 1.11 bits per heavy atom. The third-order valence-electron chi connectivity index (χ3n) is 6.09. The van der Waals surface area contributed by atoms with Crippen LogP contribution in [0.3, 0.4) is 0 Å². The molecule has 0 saturated heterocycles. The lowest BCUT2D eigenvalue weighted by atomic mass is 10.1. The number of carbonyl (C=O) groups is 1. The second kappa shape index (κ2) is 9.12. The van der Waals surface area contributed by atoms with E-state index in [1.54, 1.807) is 54.3 Å². The number of aryl methyl sites for hydroxylation is 1. The van der Waals surface area contributed by atoms with E-state index in [-0.39, 0.29) is 18.1 Å². The minimum Gasteiger partial charge on any atom is -0.382 e. The van der Waals surface area contributed by atoms with Gasteiger partial charge in [0.05, 0.1) is 40.6 Å². The van der Waals surface area contributed by atoms with E-state index in [0.29, 0.717) is 39.4 Å². The maximum absolute atomic E-state index is 13.8. The topological polar surface area (TPSA) is 115 Å². The quantitative estimate of drug-likeness (QED) is 0.376. The molecule has 0 fully saturated rings. The summed E-state index contributed by atoms with van der Waals surface area (Å²) in [6.07, 6.45) is 0.978. The zero-order valence-corrected chi connectivity index (χ0v) is 19.8. The zero-order chi connectivity index (χ0) is 26.3. The molecule has 5 aromatic rings. The summed E-state index contributed by atoms with van der Waals surface area (Å²) in [5.74, 6) is 0.322. The number of hydrogen-bond acceptors (Lipinski definition) is 7. The van der Waals surface area contributed by atoms with Crippen LogP contribution < -0.4 is 5.73 Å². The standard InChI is InChI=1S/C25H21F3N8O/c1-14-21-22(29)34-19-7-4-16(10-20(19)36(21)13-33-14)24(37)35(15(2)23-30-8-3-9-31-23)12-18-6-5-17(11-32-18)25(26,27)28/h3-11,13,15H,12H2,1-2H3,(H2,29,34)/t15-/m1/s1. The summed E-state index contributed by atoms with van der Waals surface area (Å²) in [6.45, 7) is 3.50. The summed E-state index contributed by atoms with van der Waals surface area (Å²) in [6, 6.07) is 8.24. The van der Waals surface area contributed by atoms with Gasteiger partial charge in [-0.1, -0.05) is 0 Å². The number of pyridine rings is 1. The molecule has 0 saturated carbocycles. The number of fused-ring (bicyclic) bond motifs is 3. The number of imidazole rings is 1. The second-order valence-corrected chi connectivity index (χ2v) is 8.50. The molecule has 2 N–H and O–H groups in total. The van der Waals surface area contributed by atoms with Crippen LogP contribution in [0.15, 0.2) is 61.3 Å². The molecule has 0 bridgehead atoms. The minimum atomic E-state index is -4.51. The number of anilines is 1. The Morgan fingerprint density at radius 3 is 2.54 bits per heavy atom. The number of nitrogen functional groups attached to an aromatic ring is 1. The van der Waals surface area contributed by atoms with Crippen molar-refractivity contribution in [2.24, 2.45) is 0 Å². The number of carbonyl (C=O) groups excluding carboxylic acids is 1. The van der Waals surface area contributed by atoms with Crippen molar-refractivity contribution in [3.8, 4) is 0 Å². The van der Waals surface area contributed by atoms with E-state index in [0.717, 1.165) is 12.3 Å². The molecule has 0 spiro atoms. The predicted octanol–water partition coefficient (Wildman–Crippen LogP) is 4.38. The summed E-state index contributed by atoms with van der Waals surface area (Å²) in [4.78, 5) is 36.5. The summed E-state index contributed by atoms with van der Waals surface area (Å²) < 4.78 is 40.8. The fourth-order valence-corrected chi connectivity index (χ4v) is 4.13. The van der Waals surface area contributed by atoms with Gasteiger partial charge in [-0.05, 0) is 50.2 Å². The first-order valence-electron chi connectivity index (χ1n) is 11.3. The number of rotatable bonds is 5. The third kappa shape index (κ3) is 4.53. The lowest BCUT2D eigenvalue weighted by molar-refractivity contribution is -0.137. The van der Waals surface area contributed by atoms with E-state index in [4.69, 9.17) is 5.73 Å². The van der Waals surface area contributed by atoms with E-state index in [1.807, 2.05) is 6.92 Å². The van der Waals surface area contributed by atoms with Crippen molar-refractivity contribution in [2.75, 3.05) is 5.73 Å². The van der Waals surface area contributed by atoms with E-state index >= 15 is 0 Å². The Morgan fingerprint density at radius 2 is 1.86 bits per heavy atom. The third-order valence-corrected chi connectivity index (χ3v) is 6.09. The highest BCUT2D eigenvalue weighted by Crippen LogP contribution is 2.29. The molecule has 4 aromatic heterocycles. The SMILES string of the molecule is Cc1ncn2c1c(N)nc1ccc(C(=O)N(Cc3ccc(C(F)(F)F)cn3)[C@H](C)c3ncccn3)cc12. The van der Waals surface area contributed by atoms with Gasteiger partial charge < -0.3 is 10.6 Å². The highest BCUT2D eigenvalue weighted by Gasteiger charge is 2.31. The van der Waals surface area contributed by atoms with Crippen LogP contribution in [0.25, 0.3) is 16.6 Å². The summed E-state index contributed by atoms with van der Waals surface area (Å²) in [5, 5.41) is 0. The molecule has 5 rings (SSSR count). The maximum Gasteiger partial charge on any atom is 0.417 e. The monoisotopic (exact) mass is 506 g/mol. The molecular weight excluding hydrogens is 485 g/mol. The Labute approximate surface area is 208 Å². The largest absolute Gasteiger partial charge is 0.417 e. The van der Waals surface area contributed by atoms with E-state index < -0.39 is 17.8 Å². The zero-order valence-electron chi connectivity index (χ0n) is 19.8. The van der Waals surface area contributed by atoms with Crippen LogP contribution >= 0.6 is 0 Å². The molecule has 1 aromatic carbocycles. The molecule has 0 radical (unpaired) electrons. The van der Waals surface area contributed by atoms with E-state index in [1.165, 1.54) is 11.0 Å². The van der Waals surface area contributed by atoms with Crippen molar-refractivity contribution < 1.29 is 18.0 Å². The second-order valence-electron chi connectivity index (χ2n) is 8.50. The molecule has 0 aliphatic carbocycles. The fourth-order valence-electron chi connectivity index (χ4n) is 4.13. The molecule has 0 unspecified atom stereocenters. The lowest BCUT2D eigenvalue weighted by Gasteiger charge is -2.28. The van der Waals surface area contributed by atoms with Crippen molar-refractivity contribution in [1.29, 1.82) is 0 Å². The molecule has 4 heterocycles. The summed E-state index contributed by atoms with van der Waals surface area (Å²) in [7, 11) is 0. The number of alkyl halides is 3. The molecule has 37 heavy (non-hydrogen) atoms. The number of amides is 1. The van der Waals surface area contributed by atoms with Gasteiger partial charge in [0.15, 0.2) is 0 Å². The van der Waals surface area contributed by atoms with Crippen molar-refractivity contribution >= 4 is 28.3 Å². The number of halogens is 3. The highest BCUT2D eigenvalue weighted by atomic mass is 19.4. The Bertz CT molecular complexity index is 1600. The van der Waals surface area contributed by atoms with Gasteiger partial charge >= 0.3 is 6.18 Å². The molecular formula is C25H21F3N8O. The van der Waals surface area contributed by atoms with Gasteiger partial charge in [0.25, 0.3) is 5.91 Å². The summed E-state index contributed by atoms with van der Waals surface area (Å²) >= 11 is 0. The number of nitrogens with zero attached hydrogens (tertiary/aromatic N) is 7. The normalized spacial score (nSPS) is 12.7. The van der Waals surface area contributed by atoms with Crippen molar-refractivity contribution in [2.45, 2.75) is 32.6 Å². The van der Waals surface area contributed by atoms with Gasteiger partial charge in [-0.3, -0.25) is 14.2 Å². The first-order chi connectivity index (χ1) is 17.6. The molecule has 1 atom stereocenters. The average molecular weight is 506 g/mol. The van der Waals surface area contributed by atoms with Crippen molar-refractivity contribution in [3.05, 3.63) is 89.7 Å². The maximum atomic E-state index is 13.8. The molecule has 1 amide bonds. The first-order valence-corrected chi connectivity index (χ1v) is 11.3. The molecule has 0 aliphatic rings. The van der Waals surface area contributed by atoms with Crippen LogP contribution in [0.1, 0.15) is 46.1 Å². The van der Waals surface area contributed by atoms with Gasteiger partial charge in [0.2, 0.25) is 0 Å². The molecule has 9 nitrogen and oxygen atoms in total. The Kier molecular flexibility index (Phi) is 5.94. The van der Waals surface area contributed by atoms with Crippen molar-refractivity contribution in [1.82, 2.24) is 34.2 Å². The Hall–Kier alpha value is -4.61. The van der Waals surface area contributed by atoms with Gasteiger partial charge in [0.1, 0.15) is 23.5 Å². The minimum absolute atomic E-state index is 0.0615. The van der Waals surface area contributed by atoms with Crippen LogP contribution in [0.2, 0.25) is 0 Å². The van der Waals surface area contributed by atoms with Crippen LogP contribution in [0, 0.1) is 6.92 Å². The number of aromatic nitrogens is 6.